The summed E-state index contributed by atoms with van der Waals surface area (Å²) in [5, 5.41) is 11.7. The van der Waals surface area contributed by atoms with Gasteiger partial charge in [0.1, 0.15) is 5.56 Å². The van der Waals surface area contributed by atoms with Crippen LogP contribution in [0.25, 0.3) is 0 Å². The van der Waals surface area contributed by atoms with Gasteiger partial charge in [-0.2, -0.15) is 0 Å². The first kappa shape index (κ1) is 13.9. The summed E-state index contributed by atoms with van der Waals surface area (Å²) in [6, 6.07) is 7.23. The van der Waals surface area contributed by atoms with E-state index in [-0.39, 0.29) is 17.2 Å². The van der Waals surface area contributed by atoms with E-state index in [9.17, 15) is 9.59 Å². The molecule has 0 aliphatic carbocycles. The van der Waals surface area contributed by atoms with Gasteiger partial charge in [0.15, 0.2) is 0 Å². The Hall–Kier alpha value is -2.56. The van der Waals surface area contributed by atoms with Crippen molar-refractivity contribution in [3.63, 3.8) is 0 Å². The molecular weight excluding hydrogens is 256 g/mol. The smallest absolute Gasteiger partial charge is 0.339 e. The summed E-state index contributed by atoms with van der Waals surface area (Å²) < 4.78 is 0. The fourth-order valence-corrected chi connectivity index (χ4v) is 1.99. The Morgan fingerprint density at radius 1 is 1.25 bits per heavy atom. The zero-order valence-corrected chi connectivity index (χ0v) is 11.4. The number of amides is 1. The van der Waals surface area contributed by atoms with Gasteiger partial charge in [0.05, 0.1) is 5.69 Å². The highest BCUT2D eigenvalue weighted by Gasteiger charge is 2.17. The van der Waals surface area contributed by atoms with E-state index >= 15 is 0 Å². The second kappa shape index (κ2) is 5.61. The average Bonchev–Trinajstić information content (AvgIpc) is 2.79. The normalized spacial score (nSPS) is 10.3. The van der Waals surface area contributed by atoms with Gasteiger partial charge < -0.3 is 15.4 Å². The summed E-state index contributed by atoms with van der Waals surface area (Å²) in [6.45, 7) is 3.69. The van der Waals surface area contributed by atoms with Gasteiger partial charge >= 0.3 is 5.97 Å². The van der Waals surface area contributed by atoms with Crippen molar-refractivity contribution in [2.75, 3.05) is 5.32 Å². The Kier molecular flexibility index (Phi) is 3.89. The summed E-state index contributed by atoms with van der Waals surface area (Å²) in [5.74, 6) is -1.39. The molecule has 1 aromatic heterocycles. The molecule has 0 saturated heterocycles. The van der Waals surface area contributed by atoms with Crippen LogP contribution in [0.1, 0.15) is 38.9 Å². The number of carboxylic acids is 1. The Bertz CT molecular complexity index is 642. The molecule has 0 unspecified atom stereocenters. The maximum atomic E-state index is 12.1. The lowest BCUT2D eigenvalue weighted by Crippen LogP contribution is -2.14. The summed E-state index contributed by atoms with van der Waals surface area (Å²) in [4.78, 5) is 26.0. The van der Waals surface area contributed by atoms with E-state index in [0.717, 1.165) is 12.0 Å². The van der Waals surface area contributed by atoms with Crippen LogP contribution < -0.4 is 5.32 Å². The first-order chi connectivity index (χ1) is 9.52. The molecule has 1 aromatic carbocycles. The van der Waals surface area contributed by atoms with Crippen molar-refractivity contribution in [1.29, 1.82) is 0 Å². The van der Waals surface area contributed by atoms with Crippen molar-refractivity contribution in [3.8, 4) is 0 Å². The maximum Gasteiger partial charge on any atom is 0.339 e. The van der Waals surface area contributed by atoms with E-state index in [1.165, 1.54) is 6.20 Å². The molecule has 2 aromatic rings. The van der Waals surface area contributed by atoms with Crippen LogP contribution >= 0.6 is 0 Å². The fourth-order valence-electron chi connectivity index (χ4n) is 1.99. The van der Waals surface area contributed by atoms with Gasteiger partial charge in [-0.3, -0.25) is 4.79 Å². The number of aromatic amines is 1. The summed E-state index contributed by atoms with van der Waals surface area (Å²) >= 11 is 0. The predicted molar refractivity (Wildman–Crippen MR) is 76.3 cm³/mol. The minimum atomic E-state index is -1.07. The van der Waals surface area contributed by atoms with Crippen molar-refractivity contribution in [2.45, 2.75) is 20.3 Å². The minimum Gasteiger partial charge on any atom is -0.478 e. The topological polar surface area (TPSA) is 82.2 Å². The third-order valence-corrected chi connectivity index (χ3v) is 3.16. The highest BCUT2D eigenvalue weighted by atomic mass is 16.4. The van der Waals surface area contributed by atoms with Crippen LogP contribution in [0.2, 0.25) is 0 Å². The number of nitrogens with one attached hydrogen (secondary N) is 2. The quantitative estimate of drug-likeness (QED) is 0.800. The molecular formula is C15H16N2O3. The number of benzene rings is 1. The molecule has 0 radical (unpaired) electrons. The van der Waals surface area contributed by atoms with E-state index in [1.54, 1.807) is 19.1 Å². The van der Waals surface area contributed by atoms with Gasteiger partial charge in [-0.05, 0) is 31.0 Å². The zero-order chi connectivity index (χ0) is 14.7. The Labute approximate surface area is 116 Å². The maximum absolute atomic E-state index is 12.1. The molecule has 0 aliphatic heterocycles. The average molecular weight is 272 g/mol. The second-order valence-corrected chi connectivity index (χ2v) is 4.51. The number of carbonyl (C=O) groups excluding carboxylic acids is 1. The largest absolute Gasteiger partial charge is 0.478 e. The second-order valence-electron chi connectivity index (χ2n) is 4.51. The van der Waals surface area contributed by atoms with Gasteiger partial charge in [-0.1, -0.05) is 19.1 Å². The van der Waals surface area contributed by atoms with E-state index in [0.29, 0.717) is 11.3 Å². The summed E-state index contributed by atoms with van der Waals surface area (Å²) in [5.41, 5.74) is 2.51. The molecule has 3 N–H and O–H groups in total. The van der Waals surface area contributed by atoms with E-state index in [2.05, 4.69) is 10.3 Å². The standard InChI is InChI=1S/C15H16N2O3/c1-3-10-4-6-11(7-5-10)14(18)17-12-8-16-9(2)13(12)15(19)20/h4-8,16H,3H2,1-2H3,(H,17,18)(H,19,20). The Balaban J connectivity index is 2.21. The third-order valence-electron chi connectivity index (χ3n) is 3.16. The highest BCUT2D eigenvalue weighted by Crippen LogP contribution is 2.20. The van der Waals surface area contributed by atoms with Crippen LogP contribution in [0.5, 0.6) is 0 Å². The first-order valence-electron chi connectivity index (χ1n) is 6.34. The summed E-state index contributed by atoms with van der Waals surface area (Å²) in [6.07, 6.45) is 2.39. The number of aryl methyl sites for hydroxylation is 2. The van der Waals surface area contributed by atoms with Crippen molar-refractivity contribution in [3.05, 3.63) is 52.8 Å². The van der Waals surface area contributed by atoms with Crippen LogP contribution in [0.4, 0.5) is 5.69 Å². The zero-order valence-electron chi connectivity index (χ0n) is 11.4. The summed E-state index contributed by atoms with van der Waals surface area (Å²) in [7, 11) is 0. The van der Waals surface area contributed by atoms with Gasteiger partial charge in [0, 0.05) is 17.5 Å². The van der Waals surface area contributed by atoms with Crippen LogP contribution in [-0.2, 0) is 6.42 Å². The molecule has 104 valence electrons. The molecule has 0 saturated carbocycles. The number of carboxylic acid groups (broad SMARTS) is 1. The fraction of sp³-hybridized carbons (Fsp3) is 0.200. The highest BCUT2D eigenvalue weighted by molar-refractivity contribution is 6.08. The van der Waals surface area contributed by atoms with Gasteiger partial charge in [0.25, 0.3) is 5.91 Å². The lowest BCUT2D eigenvalue weighted by molar-refractivity contribution is 0.0697. The number of hydrogen-bond donors (Lipinski definition) is 3. The van der Waals surface area contributed by atoms with Crippen molar-refractivity contribution in [2.24, 2.45) is 0 Å². The molecule has 1 heterocycles. The lowest BCUT2D eigenvalue weighted by Gasteiger charge is -2.05. The van der Waals surface area contributed by atoms with Gasteiger partial charge in [0.2, 0.25) is 0 Å². The van der Waals surface area contributed by atoms with Crippen LogP contribution in [0.3, 0.4) is 0 Å². The van der Waals surface area contributed by atoms with Gasteiger partial charge in [-0.25, -0.2) is 4.79 Å². The van der Waals surface area contributed by atoms with Crippen molar-refractivity contribution in [1.82, 2.24) is 4.98 Å². The molecule has 0 bridgehead atoms. The number of aromatic carboxylic acids is 1. The third kappa shape index (κ3) is 2.71. The molecule has 5 heteroatoms. The monoisotopic (exact) mass is 272 g/mol. The predicted octanol–water partition coefficient (Wildman–Crippen LogP) is 2.84. The SMILES string of the molecule is CCc1ccc(C(=O)Nc2c[nH]c(C)c2C(=O)O)cc1. The number of aromatic nitrogens is 1. The number of carbonyl (C=O) groups is 2. The number of H-pyrrole nitrogens is 1. The van der Waals surface area contributed by atoms with Crippen molar-refractivity contribution < 1.29 is 14.7 Å². The number of hydrogen-bond acceptors (Lipinski definition) is 2. The Morgan fingerprint density at radius 3 is 2.45 bits per heavy atom. The van der Waals surface area contributed by atoms with Gasteiger partial charge in [-0.15, -0.1) is 0 Å². The molecule has 1 amide bonds. The minimum absolute atomic E-state index is 0.0866. The molecule has 5 nitrogen and oxygen atoms in total. The van der Waals surface area contributed by atoms with E-state index < -0.39 is 5.97 Å². The molecule has 0 spiro atoms. The van der Waals surface area contributed by atoms with E-state index in [4.69, 9.17) is 5.11 Å². The van der Waals surface area contributed by atoms with Crippen LogP contribution in [0.15, 0.2) is 30.5 Å². The lowest BCUT2D eigenvalue weighted by atomic mass is 10.1. The molecule has 0 atom stereocenters. The molecule has 20 heavy (non-hydrogen) atoms. The Morgan fingerprint density at radius 2 is 1.90 bits per heavy atom. The first-order valence-corrected chi connectivity index (χ1v) is 6.34. The molecule has 2 rings (SSSR count). The molecule has 0 aliphatic rings. The van der Waals surface area contributed by atoms with Crippen LogP contribution in [0, 0.1) is 6.92 Å². The van der Waals surface area contributed by atoms with Crippen molar-refractivity contribution >= 4 is 17.6 Å². The molecule has 0 fully saturated rings. The number of anilines is 1. The van der Waals surface area contributed by atoms with E-state index in [1.807, 2.05) is 19.1 Å². The number of rotatable bonds is 4. The van der Waals surface area contributed by atoms with Crippen LogP contribution in [-0.4, -0.2) is 22.0 Å².